The summed E-state index contributed by atoms with van der Waals surface area (Å²) in [5, 5.41) is 5.43. The first-order valence-electron chi connectivity index (χ1n) is 8.42. The first kappa shape index (κ1) is 19.9. The minimum Gasteiger partial charge on any atom is -0.497 e. The topological polar surface area (TPSA) is 76.7 Å². The van der Waals surface area contributed by atoms with Crippen LogP contribution in [0.2, 0.25) is 0 Å². The van der Waals surface area contributed by atoms with Gasteiger partial charge in [0.25, 0.3) is 0 Å². The lowest BCUT2D eigenvalue weighted by Crippen LogP contribution is -2.25. The maximum atomic E-state index is 11.9. The highest BCUT2D eigenvalue weighted by molar-refractivity contribution is 5.88. The number of carbonyl (C=O) groups excluding carboxylic acids is 2. The molecule has 0 bridgehead atoms. The Hall–Kier alpha value is -3.46. The number of amides is 2. The largest absolute Gasteiger partial charge is 0.497 e. The van der Waals surface area contributed by atoms with Crippen molar-refractivity contribution in [1.82, 2.24) is 5.32 Å². The van der Waals surface area contributed by atoms with Gasteiger partial charge >= 0.3 is 0 Å². The predicted octanol–water partition coefficient (Wildman–Crippen LogP) is 2.39. The van der Waals surface area contributed by atoms with Gasteiger partial charge in [-0.1, -0.05) is 30.0 Å². The predicted molar refractivity (Wildman–Crippen MR) is 104 cm³/mol. The third-order valence-corrected chi connectivity index (χ3v) is 3.49. The molecule has 2 N–H and O–H groups in total. The molecule has 140 valence electrons. The highest BCUT2D eigenvalue weighted by atomic mass is 16.5. The highest BCUT2D eigenvalue weighted by Crippen LogP contribution is 2.17. The Kier molecular flexibility index (Phi) is 7.73. The van der Waals surface area contributed by atoms with Crippen LogP contribution in [0.25, 0.3) is 0 Å². The number of carbonyl (C=O) groups is 2. The molecule has 0 atom stereocenters. The third-order valence-electron chi connectivity index (χ3n) is 3.49. The molecule has 2 amide bonds. The van der Waals surface area contributed by atoms with Crippen LogP contribution in [0.5, 0.6) is 11.5 Å². The average molecular weight is 366 g/mol. The molecule has 0 aliphatic heterocycles. The molecule has 2 rings (SSSR count). The Bertz CT molecular complexity index is 835. The molecular weight excluding hydrogens is 344 g/mol. The van der Waals surface area contributed by atoms with Gasteiger partial charge in [0.05, 0.1) is 20.1 Å². The molecular formula is C21H22N2O4. The van der Waals surface area contributed by atoms with Gasteiger partial charge < -0.3 is 20.1 Å². The maximum absolute atomic E-state index is 11.9. The van der Waals surface area contributed by atoms with Gasteiger partial charge in [0.1, 0.15) is 18.1 Å². The van der Waals surface area contributed by atoms with Crippen LogP contribution in [-0.4, -0.2) is 32.1 Å². The molecule has 6 nitrogen and oxygen atoms in total. The van der Waals surface area contributed by atoms with Crippen LogP contribution in [-0.2, 0) is 16.0 Å². The minimum atomic E-state index is -0.141. The Morgan fingerprint density at radius 3 is 2.52 bits per heavy atom. The number of methoxy groups -OCH3 is 1. The van der Waals surface area contributed by atoms with Crippen LogP contribution >= 0.6 is 0 Å². The molecule has 0 saturated carbocycles. The molecule has 6 heteroatoms. The van der Waals surface area contributed by atoms with Crippen molar-refractivity contribution in [2.24, 2.45) is 0 Å². The van der Waals surface area contributed by atoms with Crippen LogP contribution < -0.4 is 20.1 Å². The van der Waals surface area contributed by atoms with Crippen molar-refractivity contribution < 1.29 is 19.1 Å². The molecule has 0 aliphatic carbocycles. The fourth-order valence-corrected chi connectivity index (χ4v) is 2.23. The quantitative estimate of drug-likeness (QED) is 0.738. The monoisotopic (exact) mass is 366 g/mol. The minimum absolute atomic E-state index is 0.0987. The molecule has 0 unspecified atom stereocenters. The Labute approximate surface area is 158 Å². The Balaban J connectivity index is 1.69. The highest BCUT2D eigenvalue weighted by Gasteiger charge is 2.02. The van der Waals surface area contributed by atoms with Crippen LogP contribution in [0.15, 0.2) is 48.5 Å². The zero-order valence-corrected chi connectivity index (χ0v) is 15.4. The molecule has 0 aliphatic rings. The van der Waals surface area contributed by atoms with E-state index in [1.54, 1.807) is 31.4 Å². The molecule has 0 spiro atoms. The summed E-state index contributed by atoms with van der Waals surface area (Å²) < 4.78 is 10.6. The Morgan fingerprint density at radius 1 is 1.04 bits per heavy atom. The Morgan fingerprint density at radius 2 is 1.81 bits per heavy atom. The molecule has 2 aromatic rings. The normalized spacial score (nSPS) is 9.56. The van der Waals surface area contributed by atoms with Gasteiger partial charge in [-0.05, 0) is 29.8 Å². The molecule has 0 saturated heterocycles. The molecule has 0 fully saturated rings. The van der Waals surface area contributed by atoms with E-state index in [0.29, 0.717) is 11.4 Å². The van der Waals surface area contributed by atoms with Crippen molar-refractivity contribution >= 4 is 17.5 Å². The number of ether oxygens (including phenoxy) is 2. The molecule has 27 heavy (non-hydrogen) atoms. The van der Waals surface area contributed by atoms with E-state index in [-0.39, 0.29) is 31.4 Å². The first-order valence-corrected chi connectivity index (χ1v) is 8.42. The summed E-state index contributed by atoms with van der Waals surface area (Å²) in [6.45, 7) is 1.89. The summed E-state index contributed by atoms with van der Waals surface area (Å²) in [6.07, 6.45) is 0.290. The maximum Gasteiger partial charge on any atom is 0.225 e. The average Bonchev–Trinajstić information content (AvgIpc) is 2.65. The molecule has 0 radical (unpaired) electrons. The second kappa shape index (κ2) is 10.5. The zero-order chi connectivity index (χ0) is 19.5. The second-order valence-corrected chi connectivity index (χ2v) is 5.65. The summed E-state index contributed by atoms with van der Waals surface area (Å²) in [5.74, 6) is 6.81. The summed E-state index contributed by atoms with van der Waals surface area (Å²) in [5.41, 5.74) is 1.57. The van der Waals surface area contributed by atoms with Gasteiger partial charge in [0, 0.05) is 18.7 Å². The van der Waals surface area contributed by atoms with E-state index in [4.69, 9.17) is 9.47 Å². The summed E-state index contributed by atoms with van der Waals surface area (Å²) in [6, 6.07) is 14.4. The van der Waals surface area contributed by atoms with Gasteiger partial charge in [-0.15, -0.1) is 0 Å². The van der Waals surface area contributed by atoms with E-state index in [2.05, 4.69) is 22.5 Å². The summed E-state index contributed by atoms with van der Waals surface area (Å²) in [4.78, 5) is 22.9. The van der Waals surface area contributed by atoms with E-state index < -0.39 is 0 Å². The van der Waals surface area contributed by atoms with Gasteiger partial charge in [-0.3, -0.25) is 9.59 Å². The fourth-order valence-electron chi connectivity index (χ4n) is 2.23. The van der Waals surface area contributed by atoms with E-state index in [1.165, 1.54) is 6.92 Å². The lowest BCUT2D eigenvalue weighted by atomic mass is 10.1. The van der Waals surface area contributed by atoms with Crippen molar-refractivity contribution in [2.75, 3.05) is 25.6 Å². The van der Waals surface area contributed by atoms with Crippen molar-refractivity contribution in [3.05, 3.63) is 54.1 Å². The zero-order valence-electron chi connectivity index (χ0n) is 15.4. The van der Waals surface area contributed by atoms with Gasteiger partial charge in [-0.2, -0.15) is 0 Å². The molecule has 0 aromatic heterocycles. The van der Waals surface area contributed by atoms with Crippen LogP contribution in [0.1, 0.15) is 12.5 Å². The van der Waals surface area contributed by atoms with E-state index >= 15 is 0 Å². The van der Waals surface area contributed by atoms with Crippen LogP contribution in [0.3, 0.4) is 0 Å². The second-order valence-electron chi connectivity index (χ2n) is 5.65. The van der Waals surface area contributed by atoms with Crippen molar-refractivity contribution in [3.8, 4) is 23.3 Å². The molecule has 0 heterocycles. The summed E-state index contributed by atoms with van der Waals surface area (Å²) in [7, 11) is 1.60. The molecule has 2 aromatic carbocycles. The van der Waals surface area contributed by atoms with E-state index in [0.717, 1.165) is 11.3 Å². The first-order chi connectivity index (χ1) is 13.1. The number of rotatable bonds is 7. The number of benzene rings is 2. The lowest BCUT2D eigenvalue weighted by Gasteiger charge is -2.05. The van der Waals surface area contributed by atoms with Crippen molar-refractivity contribution in [2.45, 2.75) is 13.3 Å². The van der Waals surface area contributed by atoms with E-state index in [1.807, 2.05) is 24.3 Å². The van der Waals surface area contributed by atoms with Gasteiger partial charge in [0.15, 0.2) is 0 Å². The number of hydrogen-bond acceptors (Lipinski definition) is 4. The lowest BCUT2D eigenvalue weighted by molar-refractivity contribution is -0.120. The number of anilines is 1. The van der Waals surface area contributed by atoms with E-state index in [9.17, 15) is 9.59 Å². The number of nitrogens with one attached hydrogen (secondary N) is 2. The SMILES string of the molecule is COc1ccc(CC(=O)NCC#CCOc2cccc(NC(C)=O)c2)cc1. The van der Waals surface area contributed by atoms with Crippen molar-refractivity contribution in [1.29, 1.82) is 0 Å². The summed E-state index contributed by atoms with van der Waals surface area (Å²) >= 11 is 0. The van der Waals surface area contributed by atoms with Crippen LogP contribution in [0.4, 0.5) is 5.69 Å². The fraction of sp³-hybridized carbons (Fsp3) is 0.238. The van der Waals surface area contributed by atoms with Crippen LogP contribution in [0, 0.1) is 11.8 Å². The van der Waals surface area contributed by atoms with Crippen molar-refractivity contribution in [3.63, 3.8) is 0 Å². The standard InChI is InChI=1S/C21H22N2O4/c1-16(24)23-18-6-5-7-20(15-18)27-13-4-3-12-22-21(25)14-17-8-10-19(26-2)11-9-17/h5-11,15H,12-14H2,1-2H3,(H,22,25)(H,23,24). The number of hydrogen-bond donors (Lipinski definition) is 2. The van der Waals surface area contributed by atoms with Gasteiger partial charge in [0.2, 0.25) is 11.8 Å². The van der Waals surface area contributed by atoms with Gasteiger partial charge in [-0.25, -0.2) is 0 Å². The smallest absolute Gasteiger partial charge is 0.225 e. The third kappa shape index (κ3) is 7.53.